The molecule has 0 fully saturated rings. The lowest BCUT2D eigenvalue weighted by atomic mass is 10.1. The molecule has 1 rings (SSSR count). The minimum absolute atomic E-state index is 0.197. The summed E-state index contributed by atoms with van der Waals surface area (Å²) in [7, 11) is 0. The first-order valence-corrected chi connectivity index (χ1v) is 6.88. The first-order chi connectivity index (χ1) is 9.60. The largest absolute Gasteiger partial charge is 0.480 e. The van der Waals surface area contributed by atoms with Gasteiger partial charge in [-0.3, -0.25) is 4.90 Å². The van der Waals surface area contributed by atoms with Gasteiger partial charge in [0, 0.05) is 6.54 Å². The second-order valence-electron chi connectivity index (χ2n) is 6.11. The van der Waals surface area contributed by atoms with Gasteiger partial charge in [-0.1, -0.05) is 29.8 Å². The Kier molecular flexibility index (Phi) is 5.35. The van der Waals surface area contributed by atoms with Crippen LogP contribution in [0, 0.1) is 6.92 Å². The Morgan fingerprint density at radius 2 is 1.76 bits per heavy atom. The van der Waals surface area contributed by atoms with Gasteiger partial charge in [0.2, 0.25) is 0 Å². The topological polar surface area (TPSA) is 66.8 Å². The number of amides is 1. The quantitative estimate of drug-likeness (QED) is 0.925. The number of aryl methyl sites for hydroxylation is 1. The number of benzene rings is 1. The van der Waals surface area contributed by atoms with Crippen molar-refractivity contribution in [3.8, 4) is 0 Å². The summed E-state index contributed by atoms with van der Waals surface area (Å²) in [4.78, 5) is 24.6. The minimum atomic E-state index is -1.06. The highest BCUT2D eigenvalue weighted by Crippen LogP contribution is 2.16. The van der Waals surface area contributed by atoms with E-state index in [2.05, 4.69) is 0 Å². The van der Waals surface area contributed by atoms with E-state index in [1.807, 2.05) is 31.2 Å². The highest BCUT2D eigenvalue weighted by Gasteiger charge is 2.29. The van der Waals surface area contributed by atoms with Gasteiger partial charge in [0.1, 0.15) is 11.6 Å². The molecule has 0 saturated heterocycles. The molecule has 0 bridgehead atoms. The lowest BCUT2D eigenvalue weighted by Crippen LogP contribution is -2.45. The summed E-state index contributed by atoms with van der Waals surface area (Å²) in [5.74, 6) is -1.06. The summed E-state index contributed by atoms with van der Waals surface area (Å²) >= 11 is 0. The van der Waals surface area contributed by atoms with Crippen LogP contribution in [0.2, 0.25) is 0 Å². The zero-order chi connectivity index (χ0) is 16.2. The minimum Gasteiger partial charge on any atom is -0.480 e. The van der Waals surface area contributed by atoms with Gasteiger partial charge in [-0.15, -0.1) is 0 Å². The van der Waals surface area contributed by atoms with Crippen LogP contribution in [-0.4, -0.2) is 33.7 Å². The van der Waals surface area contributed by atoms with E-state index in [1.165, 1.54) is 11.8 Å². The van der Waals surface area contributed by atoms with Crippen LogP contribution in [0.25, 0.3) is 0 Å². The molecular formula is C16H23NO4. The Bertz CT molecular complexity index is 502. The van der Waals surface area contributed by atoms with Crippen LogP contribution in [0.5, 0.6) is 0 Å². The van der Waals surface area contributed by atoms with E-state index in [0.29, 0.717) is 0 Å². The summed E-state index contributed by atoms with van der Waals surface area (Å²) in [6.45, 7) is 8.89. The maximum atomic E-state index is 12.2. The van der Waals surface area contributed by atoms with Gasteiger partial charge in [-0.25, -0.2) is 9.59 Å². The van der Waals surface area contributed by atoms with Crippen LogP contribution >= 0.6 is 0 Å². The second-order valence-corrected chi connectivity index (χ2v) is 6.11. The van der Waals surface area contributed by atoms with Gasteiger partial charge in [-0.05, 0) is 40.2 Å². The molecule has 0 aromatic heterocycles. The van der Waals surface area contributed by atoms with E-state index in [0.717, 1.165) is 11.1 Å². The lowest BCUT2D eigenvalue weighted by Gasteiger charge is -2.30. The van der Waals surface area contributed by atoms with Gasteiger partial charge < -0.3 is 9.84 Å². The molecule has 1 unspecified atom stereocenters. The second kappa shape index (κ2) is 6.61. The number of carboxylic acid groups (broad SMARTS) is 1. The van der Waals surface area contributed by atoms with Crippen molar-refractivity contribution in [3.05, 3.63) is 35.4 Å². The van der Waals surface area contributed by atoms with Gasteiger partial charge in [0.15, 0.2) is 0 Å². The number of nitrogens with zero attached hydrogens (tertiary/aromatic N) is 1. The molecular weight excluding hydrogens is 270 g/mol. The van der Waals surface area contributed by atoms with Gasteiger partial charge >= 0.3 is 12.1 Å². The van der Waals surface area contributed by atoms with Crippen LogP contribution in [0.1, 0.15) is 38.8 Å². The third kappa shape index (κ3) is 5.45. The molecule has 5 heteroatoms. The summed E-state index contributed by atoms with van der Waals surface area (Å²) in [5, 5.41) is 9.17. The van der Waals surface area contributed by atoms with Crippen LogP contribution in [0.15, 0.2) is 24.3 Å². The normalized spacial score (nSPS) is 12.6. The zero-order valence-electron chi connectivity index (χ0n) is 13.2. The number of hydrogen-bond acceptors (Lipinski definition) is 3. The fraction of sp³-hybridized carbons (Fsp3) is 0.500. The maximum absolute atomic E-state index is 12.2. The number of carboxylic acids is 1. The molecule has 0 aliphatic carbocycles. The van der Waals surface area contributed by atoms with Crippen molar-refractivity contribution >= 4 is 12.1 Å². The Morgan fingerprint density at radius 1 is 1.24 bits per heavy atom. The predicted molar refractivity (Wildman–Crippen MR) is 80.1 cm³/mol. The third-order valence-electron chi connectivity index (χ3n) is 2.93. The zero-order valence-corrected chi connectivity index (χ0v) is 13.2. The van der Waals surface area contributed by atoms with Crippen LogP contribution in [0.3, 0.4) is 0 Å². The molecule has 1 aromatic rings. The van der Waals surface area contributed by atoms with E-state index < -0.39 is 23.7 Å². The van der Waals surface area contributed by atoms with Crippen LogP contribution in [-0.2, 0) is 16.1 Å². The first kappa shape index (κ1) is 17.0. The highest BCUT2D eigenvalue weighted by molar-refractivity contribution is 5.79. The molecule has 1 aromatic carbocycles. The molecule has 0 spiro atoms. The fourth-order valence-corrected chi connectivity index (χ4v) is 1.70. The molecule has 0 heterocycles. The Balaban J connectivity index is 2.94. The number of aliphatic carboxylic acids is 1. The van der Waals surface area contributed by atoms with Crippen molar-refractivity contribution in [2.45, 2.75) is 52.8 Å². The molecule has 1 N–H and O–H groups in total. The van der Waals surface area contributed by atoms with Crippen molar-refractivity contribution in [2.75, 3.05) is 0 Å². The highest BCUT2D eigenvalue weighted by atomic mass is 16.6. The molecule has 0 aliphatic heterocycles. The number of carbonyl (C=O) groups is 2. The van der Waals surface area contributed by atoms with E-state index in [1.54, 1.807) is 20.8 Å². The number of hydrogen-bond donors (Lipinski definition) is 1. The Labute approximate surface area is 125 Å². The molecule has 0 saturated carbocycles. The van der Waals surface area contributed by atoms with E-state index in [-0.39, 0.29) is 6.54 Å². The Morgan fingerprint density at radius 3 is 2.19 bits per heavy atom. The predicted octanol–water partition coefficient (Wildman–Crippen LogP) is 3.21. The monoisotopic (exact) mass is 293 g/mol. The van der Waals surface area contributed by atoms with Crippen molar-refractivity contribution in [3.63, 3.8) is 0 Å². The smallest absolute Gasteiger partial charge is 0.411 e. The standard InChI is InChI=1S/C16H23NO4/c1-11-6-8-13(9-7-11)10-17(12(2)14(18)19)15(20)21-16(3,4)5/h6-9,12H,10H2,1-5H3,(H,18,19). The number of ether oxygens (including phenoxy) is 1. The fourth-order valence-electron chi connectivity index (χ4n) is 1.70. The van der Waals surface area contributed by atoms with Crippen molar-refractivity contribution < 1.29 is 19.4 Å². The molecule has 5 nitrogen and oxygen atoms in total. The molecule has 0 aliphatic rings. The summed E-state index contributed by atoms with van der Waals surface area (Å²) in [6, 6.07) is 6.64. The molecule has 0 radical (unpaired) electrons. The van der Waals surface area contributed by atoms with Crippen molar-refractivity contribution in [2.24, 2.45) is 0 Å². The summed E-state index contributed by atoms with van der Waals surface area (Å²) < 4.78 is 5.29. The Hall–Kier alpha value is -2.04. The lowest BCUT2D eigenvalue weighted by molar-refractivity contribution is -0.142. The average molecular weight is 293 g/mol. The third-order valence-corrected chi connectivity index (χ3v) is 2.93. The molecule has 1 amide bonds. The van der Waals surface area contributed by atoms with E-state index in [9.17, 15) is 14.7 Å². The van der Waals surface area contributed by atoms with Crippen molar-refractivity contribution in [1.82, 2.24) is 4.90 Å². The van der Waals surface area contributed by atoms with Gasteiger partial charge in [0.05, 0.1) is 0 Å². The average Bonchev–Trinajstić information content (AvgIpc) is 2.35. The van der Waals surface area contributed by atoms with Crippen molar-refractivity contribution in [1.29, 1.82) is 0 Å². The SMILES string of the molecule is Cc1ccc(CN(C(=O)OC(C)(C)C)C(C)C(=O)O)cc1. The van der Waals surface area contributed by atoms with Crippen LogP contribution < -0.4 is 0 Å². The van der Waals surface area contributed by atoms with Gasteiger partial charge in [-0.2, -0.15) is 0 Å². The first-order valence-electron chi connectivity index (χ1n) is 6.88. The van der Waals surface area contributed by atoms with Crippen LogP contribution in [0.4, 0.5) is 4.79 Å². The molecule has 21 heavy (non-hydrogen) atoms. The molecule has 1 atom stereocenters. The maximum Gasteiger partial charge on any atom is 0.411 e. The van der Waals surface area contributed by atoms with E-state index >= 15 is 0 Å². The summed E-state index contributed by atoms with van der Waals surface area (Å²) in [6.07, 6.45) is -0.627. The number of carbonyl (C=O) groups excluding carboxylic acids is 1. The summed E-state index contributed by atoms with van der Waals surface area (Å²) in [5.41, 5.74) is 1.30. The van der Waals surface area contributed by atoms with E-state index in [4.69, 9.17) is 4.74 Å². The molecule has 116 valence electrons. The van der Waals surface area contributed by atoms with Gasteiger partial charge in [0.25, 0.3) is 0 Å². The number of rotatable bonds is 4.